The second-order valence-electron chi connectivity index (χ2n) is 4.21. The number of ether oxygens (including phenoxy) is 1. The van der Waals surface area contributed by atoms with E-state index in [1.165, 1.54) is 29.5 Å². The number of hydroxylamine groups is 1. The Morgan fingerprint density at radius 3 is 2.81 bits per heavy atom. The molecule has 0 radical (unpaired) electrons. The van der Waals surface area contributed by atoms with Crippen molar-refractivity contribution in [3.05, 3.63) is 53.3 Å². The van der Waals surface area contributed by atoms with Crippen LogP contribution < -0.4 is 10.2 Å². The third-order valence-electron chi connectivity index (χ3n) is 2.86. The normalized spacial score (nSPS) is 10.6. The predicted octanol–water partition coefficient (Wildman–Crippen LogP) is 3.53. The van der Waals surface area contributed by atoms with Gasteiger partial charge in [-0.2, -0.15) is 0 Å². The molecule has 1 heterocycles. The Bertz CT molecular complexity index is 819. The van der Waals surface area contributed by atoms with Crippen molar-refractivity contribution in [3.63, 3.8) is 0 Å². The largest absolute Gasteiger partial charge is 0.457 e. The molecule has 106 valence electrons. The van der Waals surface area contributed by atoms with Crippen molar-refractivity contribution in [2.24, 2.45) is 0 Å². The van der Waals surface area contributed by atoms with Gasteiger partial charge in [0.25, 0.3) is 0 Å². The van der Waals surface area contributed by atoms with Crippen LogP contribution in [0.15, 0.2) is 41.9 Å². The number of fused-ring (bicyclic) bond motifs is 1. The number of hydrogen-bond donors (Lipinski definition) is 3. The lowest BCUT2D eigenvalue weighted by Gasteiger charge is -2.09. The molecule has 0 aliphatic heterocycles. The Hall–Kier alpha value is -2.51. The average molecular weight is 303 g/mol. The number of hydrogen-bond acceptors (Lipinski definition) is 5. The molecule has 3 rings (SSSR count). The number of nitrogens with one attached hydrogen (secondary N) is 2. The van der Waals surface area contributed by atoms with Gasteiger partial charge in [-0.05, 0) is 30.3 Å². The summed E-state index contributed by atoms with van der Waals surface area (Å²) in [5, 5.41) is 16.1. The third kappa shape index (κ3) is 2.69. The van der Waals surface area contributed by atoms with Crippen molar-refractivity contribution in [1.29, 1.82) is 5.41 Å². The van der Waals surface area contributed by atoms with E-state index in [0.29, 0.717) is 11.5 Å². The van der Waals surface area contributed by atoms with E-state index in [-0.39, 0.29) is 5.56 Å². The Balaban J connectivity index is 1.91. The van der Waals surface area contributed by atoms with Gasteiger partial charge in [0.1, 0.15) is 17.3 Å². The van der Waals surface area contributed by atoms with E-state index in [4.69, 9.17) is 15.4 Å². The van der Waals surface area contributed by atoms with Gasteiger partial charge in [-0.3, -0.25) is 16.1 Å². The highest BCUT2D eigenvalue weighted by Gasteiger charge is 2.10. The summed E-state index contributed by atoms with van der Waals surface area (Å²) in [4.78, 5) is 4.20. The number of nitrogens with zero attached hydrogens (tertiary/aromatic N) is 1. The van der Waals surface area contributed by atoms with Crippen LogP contribution in [-0.4, -0.2) is 16.0 Å². The number of halogens is 1. The fraction of sp³-hybridized carbons (Fsp3) is 0. The maximum Gasteiger partial charge on any atom is 0.152 e. The fourth-order valence-corrected chi connectivity index (χ4v) is 2.52. The molecule has 21 heavy (non-hydrogen) atoms. The maximum absolute atomic E-state index is 13.6. The highest BCUT2D eigenvalue weighted by atomic mass is 32.1. The second kappa shape index (κ2) is 5.47. The molecule has 3 aromatic rings. The van der Waals surface area contributed by atoms with Crippen molar-refractivity contribution >= 4 is 27.4 Å². The smallest absolute Gasteiger partial charge is 0.152 e. The maximum atomic E-state index is 13.6. The lowest BCUT2D eigenvalue weighted by atomic mass is 10.2. The van der Waals surface area contributed by atoms with Crippen molar-refractivity contribution in [2.45, 2.75) is 0 Å². The van der Waals surface area contributed by atoms with Crippen LogP contribution in [0.5, 0.6) is 11.5 Å². The van der Waals surface area contributed by atoms with E-state index in [0.717, 1.165) is 10.2 Å². The van der Waals surface area contributed by atoms with Gasteiger partial charge in [0.2, 0.25) is 0 Å². The molecule has 0 saturated carbocycles. The molecule has 0 amide bonds. The number of aromatic nitrogens is 1. The Kier molecular flexibility index (Phi) is 3.51. The van der Waals surface area contributed by atoms with Crippen molar-refractivity contribution < 1.29 is 14.3 Å². The highest BCUT2D eigenvalue weighted by molar-refractivity contribution is 7.16. The van der Waals surface area contributed by atoms with Crippen LogP contribution in [0.2, 0.25) is 0 Å². The van der Waals surface area contributed by atoms with Crippen molar-refractivity contribution in [2.75, 3.05) is 0 Å². The number of amidine groups is 1. The molecule has 0 unspecified atom stereocenters. The first-order valence-corrected chi connectivity index (χ1v) is 6.85. The van der Waals surface area contributed by atoms with Crippen LogP contribution in [0.3, 0.4) is 0 Å². The first-order valence-electron chi connectivity index (χ1n) is 5.97. The molecule has 0 atom stereocenters. The van der Waals surface area contributed by atoms with E-state index in [9.17, 15) is 4.39 Å². The Labute approximate surface area is 123 Å². The molecule has 1 aromatic heterocycles. The van der Waals surface area contributed by atoms with Gasteiger partial charge in [-0.1, -0.05) is 0 Å². The van der Waals surface area contributed by atoms with Gasteiger partial charge in [0, 0.05) is 6.07 Å². The molecule has 0 aliphatic rings. The average Bonchev–Trinajstić information content (AvgIpc) is 2.96. The van der Waals surface area contributed by atoms with Gasteiger partial charge in [0.15, 0.2) is 5.84 Å². The minimum absolute atomic E-state index is 0.0789. The fourth-order valence-electron chi connectivity index (χ4n) is 1.86. The van der Waals surface area contributed by atoms with Gasteiger partial charge in [-0.15, -0.1) is 11.3 Å². The van der Waals surface area contributed by atoms with Crippen LogP contribution in [-0.2, 0) is 0 Å². The summed E-state index contributed by atoms with van der Waals surface area (Å²) in [5.41, 5.74) is 4.11. The standard InChI is InChI=1S/C14H10FN3O2S/c15-11-3-1-8(5-10(11)14(16)18-19)20-9-2-4-13-12(6-9)17-7-21-13/h1-7,19H,(H2,16,18). The van der Waals surface area contributed by atoms with E-state index >= 15 is 0 Å². The van der Waals surface area contributed by atoms with Crippen LogP contribution in [0, 0.1) is 11.2 Å². The molecule has 5 nitrogen and oxygen atoms in total. The van der Waals surface area contributed by atoms with E-state index in [1.807, 2.05) is 6.07 Å². The Morgan fingerprint density at radius 2 is 2.00 bits per heavy atom. The molecule has 0 spiro atoms. The summed E-state index contributed by atoms with van der Waals surface area (Å²) in [7, 11) is 0. The minimum atomic E-state index is -0.621. The molecular weight excluding hydrogens is 293 g/mol. The van der Waals surface area contributed by atoms with Gasteiger partial charge >= 0.3 is 0 Å². The molecule has 2 aromatic carbocycles. The van der Waals surface area contributed by atoms with Crippen LogP contribution >= 0.6 is 11.3 Å². The van der Waals surface area contributed by atoms with Crippen LogP contribution in [0.4, 0.5) is 4.39 Å². The quantitative estimate of drug-likeness (QED) is 0.393. The summed E-state index contributed by atoms with van der Waals surface area (Å²) >= 11 is 1.53. The summed E-state index contributed by atoms with van der Waals surface area (Å²) in [6, 6.07) is 9.44. The molecular formula is C14H10FN3O2S. The first-order chi connectivity index (χ1) is 10.2. The van der Waals surface area contributed by atoms with Gasteiger partial charge < -0.3 is 4.74 Å². The summed E-state index contributed by atoms with van der Waals surface area (Å²) < 4.78 is 20.2. The molecule has 7 heteroatoms. The lowest BCUT2D eigenvalue weighted by Crippen LogP contribution is -2.20. The zero-order valence-electron chi connectivity index (χ0n) is 10.6. The van der Waals surface area contributed by atoms with Crippen LogP contribution in [0.1, 0.15) is 5.56 Å². The SMILES string of the molecule is N=C(NO)c1cc(Oc2ccc3scnc3c2)ccc1F. The Morgan fingerprint density at radius 1 is 1.24 bits per heavy atom. The van der Waals surface area contributed by atoms with Gasteiger partial charge in [0.05, 0.1) is 21.3 Å². The predicted molar refractivity (Wildman–Crippen MR) is 77.8 cm³/mol. The van der Waals surface area contributed by atoms with E-state index in [2.05, 4.69) is 4.98 Å². The summed E-state index contributed by atoms with van der Waals surface area (Å²) in [6.07, 6.45) is 0. The topological polar surface area (TPSA) is 78.2 Å². The number of rotatable bonds is 3. The van der Waals surface area contributed by atoms with E-state index < -0.39 is 11.7 Å². The zero-order valence-corrected chi connectivity index (χ0v) is 11.4. The monoisotopic (exact) mass is 303 g/mol. The second-order valence-corrected chi connectivity index (χ2v) is 5.10. The van der Waals surface area contributed by atoms with Gasteiger partial charge in [-0.25, -0.2) is 9.37 Å². The summed E-state index contributed by atoms with van der Waals surface area (Å²) in [6.45, 7) is 0. The van der Waals surface area contributed by atoms with E-state index in [1.54, 1.807) is 23.1 Å². The lowest BCUT2D eigenvalue weighted by molar-refractivity contribution is 0.233. The number of thiazole rings is 1. The molecule has 0 bridgehead atoms. The highest BCUT2D eigenvalue weighted by Crippen LogP contribution is 2.27. The minimum Gasteiger partial charge on any atom is -0.457 e. The number of benzene rings is 2. The molecule has 3 N–H and O–H groups in total. The van der Waals surface area contributed by atoms with Crippen molar-refractivity contribution in [1.82, 2.24) is 10.5 Å². The first kappa shape index (κ1) is 13.5. The van der Waals surface area contributed by atoms with Crippen LogP contribution in [0.25, 0.3) is 10.2 Å². The zero-order chi connectivity index (χ0) is 14.8. The summed E-state index contributed by atoms with van der Waals surface area (Å²) in [5.74, 6) is -0.132. The molecule has 0 fully saturated rings. The molecule has 0 saturated heterocycles. The third-order valence-corrected chi connectivity index (χ3v) is 3.67. The molecule has 0 aliphatic carbocycles. The van der Waals surface area contributed by atoms with Crippen molar-refractivity contribution in [3.8, 4) is 11.5 Å².